The van der Waals surface area contributed by atoms with Gasteiger partial charge in [0, 0.05) is 16.5 Å². The molecule has 0 amide bonds. The topological polar surface area (TPSA) is 46.3 Å². The standard InChI is InChI=1S/C8H7NO2S/c10-4-7-3-9-11-8(7)6-1-2-12-5-6/h1-3,5,10H,4H2. The van der Waals surface area contributed by atoms with Crippen LogP contribution in [-0.4, -0.2) is 10.3 Å². The van der Waals surface area contributed by atoms with Crippen molar-refractivity contribution < 1.29 is 9.63 Å². The third kappa shape index (κ3) is 1.15. The van der Waals surface area contributed by atoms with Crippen molar-refractivity contribution in [3.05, 3.63) is 28.6 Å². The molecule has 4 heteroatoms. The highest BCUT2D eigenvalue weighted by Gasteiger charge is 2.09. The molecule has 2 rings (SSSR count). The molecule has 0 unspecified atom stereocenters. The average Bonchev–Trinajstić information content (AvgIpc) is 2.74. The van der Waals surface area contributed by atoms with Crippen LogP contribution in [0.5, 0.6) is 0 Å². The third-order valence-corrected chi connectivity index (χ3v) is 2.28. The molecule has 2 aromatic heterocycles. The number of aliphatic hydroxyl groups is 1. The Hall–Kier alpha value is -1.13. The lowest BCUT2D eigenvalue weighted by Gasteiger charge is -1.91. The maximum atomic E-state index is 8.91. The van der Waals surface area contributed by atoms with Crippen molar-refractivity contribution in [1.29, 1.82) is 0 Å². The Labute approximate surface area is 73.3 Å². The van der Waals surface area contributed by atoms with Crippen LogP contribution in [0.4, 0.5) is 0 Å². The van der Waals surface area contributed by atoms with Crippen molar-refractivity contribution in [2.45, 2.75) is 6.61 Å². The van der Waals surface area contributed by atoms with E-state index < -0.39 is 0 Å². The van der Waals surface area contributed by atoms with Gasteiger partial charge in [-0.2, -0.15) is 11.3 Å². The van der Waals surface area contributed by atoms with Gasteiger partial charge in [-0.1, -0.05) is 5.16 Å². The Morgan fingerprint density at radius 1 is 1.58 bits per heavy atom. The fraction of sp³-hybridized carbons (Fsp3) is 0.125. The molecule has 1 N–H and O–H groups in total. The number of thiophene rings is 1. The van der Waals surface area contributed by atoms with Crippen LogP contribution in [0.2, 0.25) is 0 Å². The van der Waals surface area contributed by atoms with Crippen LogP contribution < -0.4 is 0 Å². The molecule has 0 fully saturated rings. The van der Waals surface area contributed by atoms with E-state index in [1.807, 2.05) is 16.8 Å². The van der Waals surface area contributed by atoms with Gasteiger partial charge < -0.3 is 9.63 Å². The maximum absolute atomic E-state index is 8.91. The smallest absolute Gasteiger partial charge is 0.173 e. The fourth-order valence-electron chi connectivity index (χ4n) is 1.00. The monoisotopic (exact) mass is 181 g/mol. The lowest BCUT2D eigenvalue weighted by molar-refractivity contribution is 0.281. The van der Waals surface area contributed by atoms with Crippen LogP contribution in [-0.2, 0) is 6.61 Å². The largest absolute Gasteiger partial charge is 0.391 e. The number of aliphatic hydroxyl groups excluding tert-OH is 1. The first-order chi connectivity index (χ1) is 5.92. The van der Waals surface area contributed by atoms with Gasteiger partial charge in [0.2, 0.25) is 0 Å². The molecule has 0 atom stereocenters. The summed E-state index contributed by atoms with van der Waals surface area (Å²) in [6.07, 6.45) is 1.53. The lowest BCUT2D eigenvalue weighted by atomic mass is 10.2. The molecular weight excluding hydrogens is 174 g/mol. The van der Waals surface area contributed by atoms with Gasteiger partial charge in [0.05, 0.1) is 12.8 Å². The van der Waals surface area contributed by atoms with Gasteiger partial charge in [-0.05, 0) is 11.4 Å². The molecular formula is C8H7NO2S. The first-order valence-corrected chi connectivity index (χ1v) is 4.43. The Balaban J connectivity index is 2.46. The highest BCUT2D eigenvalue weighted by molar-refractivity contribution is 7.08. The zero-order valence-electron chi connectivity index (χ0n) is 6.23. The van der Waals surface area contributed by atoms with Gasteiger partial charge in [0.15, 0.2) is 5.76 Å². The number of nitrogens with zero attached hydrogens (tertiary/aromatic N) is 1. The molecule has 12 heavy (non-hydrogen) atoms. The molecule has 0 bridgehead atoms. The van der Waals surface area contributed by atoms with Crippen LogP contribution in [0.15, 0.2) is 27.5 Å². The Morgan fingerprint density at radius 2 is 2.50 bits per heavy atom. The zero-order valence-corrected chi connectivity index (χ0v) is 7.04. The summed E-state index contributed by atoms with van der Waals surface area (Å²) in [4.78, 5) is 0. The first kappa shape index (κ1) is 7.52. The van der Waals surface area contributed by atoms with E-state index in [0.29, 0.717) is 5.76 Å². The summed E-state index contributed by atoms with van der Waals surface area (Å²) >= 11 is 1.59. The second-order valence-corrected chi connectivity index (χ2v) is 3.13. The molecule has 2 heterocycles. The van der Waals surface area contributed by atoms with Crippen molar-refractivity contribution in [3.8, 4) is 11.3 Å². The van der Waals surface area contributed by atoms with Crippen molar-refractivity contribution in [2.24, 2.45) is 0 Å². The summed E-state index contributed by atoms with van der Waals surface area (Å²) in [7, 11) is 0. The van der Waals surface area contributed by atoms with E-state index in [-0.39, 0.29) is 6.61 Å². The molecule has 0 spiro atoms. The van der Waals surface area contributed by atoms with Gasteiger partial charge in [0.1, 0.15) is 0 Å². The summed E-state index contributed by atoms with van der Waals surface area (Å²) in [5.74, 6) is 0.666. The van der Waals surface area contributed by atoms with E-state index in [1.165, 1.54) is 6.20 Å². The SMILES string of the molecule is OCc1cnoc1-c1ccsc1. The lowest BCUT2D eigenvalue weighted by Crippen LogP contribution is -1.80. The number of rotatable bonds is 2. The van der Waals surface area contributed by atoms with E-state index in [9.17, 15) is 0 Å². The molecule has 0 saturated heterocycles. The van der Waals surface area contributed by atoms with Gasteiger partial charge in [0.25, 0.3) is 0 Å². The average molecular weight is 181 g/mol. The molecule has 0 aliphatic carbocycles. The second kappa shape index (κ2) is 3.08. The Kier molecular flexibility index (Phi) is 1.93. The van der Waals surface area contributed by atoms with Crippen LogP contribution in [0.25, 0.3) is 11.3 Å². The summed E-state index contributed by atoms with van der Waals surface area (Å²) in [5, 5.41) is 16.4. The molecule has 0 radical (unpaired) electrons. The Morgan fingerprint density at radius 3 is 3.17 bits per heavy atom. The third-order valence-electron chi connectivity index (χ3n) is 1.60. The van der Waals surface area contributed by atoms with Crippen molar-refractivity contribution >= 4 is 11.3 Å². The van der Waals surface area contributed by atoms with Crippen LogP contribution in [0.3, 0.4) is 0 Å². The molecule has 0 aliphatic heterocycles. The van der Waals surface area contributed by atoms with Crippen molar-refractivity contribution in [3.63, 3.8) is 0 Å². The Bertz CT molecular complexity index is 353. The van der Waals surface area contributed by atoms with Crippen molar-refractivity contribution in [1.82, 2.24) is 5.16 Å². The minimum atomic E-state index is -0.0331. The van der Waals surface area contributed by atoms with E-state index in [4.69, 9.17) is 9.63 Å². The molecule has 62 valence electrons. The highest BCUT2D eigenvalue weighted by Crippen LogP contribution is 2.25. The van der Waals surface area contributed by atoms with Crippen molar-refractivity contribution in [2.75, 3.05) is 0 Å². The van der Waals surface area contributed by atoms with Crippen LogP contribution in [0.1, 0.15) is 5.56 Å². The van der Waals surface area contributed by atoms with Crippen LogP contribution in [0, 0.1) is 0 Å². The summed E-state index contributed by atoms with van der Waals surface area (Å²) in [6.45, 7) is -0.0331. The van der Waals surface area contributed by atoms with E-state index in [2.05, 4.69) is 5.16 Å². The summed E-state index contributed by atoms with van der Waals surface area (Å²) in [5.41, 5.74) is 1.70. The first-order valence-electron chi connectivity index (χ1n) is 3.49. The summed E-state index contributed by atoms with van der Waals surface area (Å²) in [6, 6.07) is 1.93. The quantitative estimate of drug-likeness (QED) is 0.769. The van der Waals surface area contributed by atoms with E-state index >= 15 is 0 Å². The van der Waals surface area contributed by atoms with Gasteiger partial charge in [-0.25, -0.2) is 0 Å². The number of aromatic nitrogens is 1. The normalized spacial score (nSPS) is 10.4. The molecule has 0 aliphatic rings. The maximum Gasteiger partial charge on any atom is 0.173 e. The minimum absolute atomic E-state index is 0.0331. The molecule has 0 saturated carbocycles. The molecule has 3 nitrogen and oxygen atoms in total. The number of hydrogen-bond acceptors (Lipinski definition) is 4. The predicted molar refractivity (Wildman–Crippen MR) is 45.7 cm³/mol. The van der Waals surface area contributed by atoms with Gasteiger partial charge in [-0.15, -0.1) is 0 Å². The predicted octanol–water partition coefficient (Wildman–Crippen LogP) is 1.90. The molecule has 2 aromatic rings. The number of hydrogen-bond donors (Lipinski definition) is 1. The second-order valence-electron chi connectivity index (χ2n) is 2.35. The fourth-order valence-corrected chi connectivity index (χ4v) is 1.64. The minimum Gasteiger partial charge on any atom is -0.391 e. The van der Waals surface area contributed by atoms with Gasteiger partial charge >= 0.3 is 0 Å². The van der Waals surface area contributed by atoms with Crippen LogP contribution >= 0.6 is 11.3 Å². The van der Waals surface area contributed by atoms with E-state index in [0.717, 1.165) is 11.1 Å². The highest BCUT2D eigenvalue weighted by atomic mass is 32.1. The summed E-state index contributed by atoms with van der Waals surface area (Å²) < 4.78 is 5.00. The zero-order chi connectivity index (χ0) is 8.39. The van der Waals surface area contributed by atoms with Gasteiger partial charge in [-0.3, -0.25) is 0 Å². The molecule has 0 aromatic carbocycles. The van der Waals surface area contributed by atoms with E-state index in [1.54, 1.807) is 11.3 Å².